The maximum Gasteiger partial charge on any atom is 0.252 e. The molecule has 3 aliphatic heterocycles. The lowest BCUT2D eigenvalue weighted by atomic mass is 9.33. The Morgan fingerprint density at radius 3 is 1.41 bits per heavy atom. The van der Waals surface area contributed by atoms with Crippen LogP contribution in [-0.4, -0.2) is 12.3 Å². The van der Waals surface area contributed by atoms with E-state index in [1.54, 1.807) is 0 Å². The van der Waals surface area contributed by atoms with Crippen LogP contribution in [0, 0.1) is 0 Å². The molecule has 1 saturated carbocycles. The van der Waals surface area contributed by atoms with Gasteiger partial charge < -0.3 is 14.7 Å². The van der Waals surface area contributed by atoms with E-state index in [-0.39, 0.29) is 33.9 Å². The number of benzene rings is 8. The molecule has 0 saturated heterocycles. The Morgan fingerprint density at radius 2 is 0.892 bits per heavy atom. The van der Waals surface area contributed by atoms with Crippen LogP contribution in [0.4, 0.5) is 45.5 Å². The second kappa shape index (κ2) is 15.6. The Morgan fingerprint density at radius 1 is 0.432 bits per heavy atom. The molecule has 0 amide bonds. The lowest BCUT2D eigenvalue weighted by Gasteiger charge is -2.51. The minimum absolute atomic E-state index is 0.00597. The summed E-state index contributed by atoms with van der Waals surface area (Å²) in [5, 5.41) is 5.27. The molecule has 0 bridgehead atoms. The van der Waals surface area contributed by atoms with Crippen molar-refractivity contribution in [1.29, 1.82) is 0 Å². The van der Waals surface area contributed by atoms with Crippen LogP contribution in [0.2, 0.25) is 0 Å². The number of hydrogen-bond acceptors (Lipinski definition) is 5. The maximum absolute atomic E-state index is 2.85. The molecule has 0 radical (unpaired) electrons. The van der Waals surface area contributed by atoms with E-state index in [4.69, 9.17) is 0 Å². The number of hydrogen-bond donors (Lipinski definition) is 0. The van der Waals surface area contributed by atoms with E-state index in [0.717, 1.165) is 6.42 Å². The SMILES string of the molecule is CC(C)(C)c1ccc2c(c1)N(c1cccc3c1sc1ccccc13)c1cc(N3c4ccc(C(C)(C)C)cc4C4(C)CCCCC34C)cc3c1B2c1ccc(C(C)(C)C)cc1N3c1cccc2c1sc1ccccc12. The van der Waals surface area contributed by atoms with Crippen molar-refractivity contribution in [2.24, 2.45) is 0 Å². The number of fused-ring (bicyclic) bond motifs is 13. The summed E-state index contributed by atoms with van der Waals surface area (Å²) in [4.78, 5) is 8.28. The molecule has 368 valence electrons. The van der Waals surface area contributed by atoms with Crippen LogP contribution in [0.3, 0.4) is 0 Å². The normalized spacial score (nSPS) is 19.3. The molecule has 14 rings (SSSR count). The summed E-state index contributed by atoms with van der Waals surface area (Å²) >= 11 is 3.87. The van der Waals surface area contributed by atoms with Gasteiger partial charge in [-0.1, -0.05) is 179 Å². The lowest BCUT2D eigenvalue weighted by molar-refractivity contribution is 0.195. The fourth-order valence-corrected chi connectivity index (χ4v) is 16.4. The van der Waals surface area contributed by atoms with E-state index in [9.17, 15) is 0 Å². The van der Waals surface area contributed by atoms with Crippen LogP contribution in [0.5, 0.6) is 0 Å². The first-order valence-electron chi connectivity index (χ1n) is 27.2. The molecule has 2 unspecified atom stereocenters. The third-order valence-corrected chi connectivity index (χ3v) is 20.7. The second-order valence-electron chi connectivity index (χ2n) is 25.7. The topological polar surface area (TPSA) is 9.72 Å². The van der Waals surface area contributed by atoms with Crippen LogP contribution in [0.25, 0.3) is 40.3 Å². The molecule has 0 spiro atoms. The van der Waals surface area contributed by atoms with E-state index in [2.05, 4.69) is 243 Å². The highest BCUT2D eigenvalue weighted by Crippen LogP contribution is 2.63. The van der Waals surface area contributed by atoms with Gasteiger partial charge in [-0.3, -0.25) is 0 Å². The van der Waals surface area contributed by atoms with Gasteiger partial charge in [0.1, 0.15) is 0 Å². The lowest BCUT2D eigenvalue weighted by Crippen LogP contribution is -2.61. The zero-order chi connectivity index (χ0) is 51.0. The Hall–Kier alpha value is -6.34. The average Bonchev–Trinajstić information content (AvgIpc) is 4.01. The van der Waals surface area contributed by atoms with E-state index >= 15 is 0 Å². The maximum atomic E-state index is 2.85. The van der Waals surface area contributed by atoms with Crippen LogP contribution in [-0.2, 0) is 21.7 Å². The third kappa shape index (κ3) is 6.43. The van der Waals surface area contributed by atoms with Gasteiger partial charge in [0.05, 0.1) is 26.3 Å². The molecule has 0 N–H and O–H groups in total. The number of anilines is 8. The Labute approximate surface area is 446 Å². The molecular weight excluding hydrogens is 934 g/mol. The molecule has 74 heavy (non-hydrogen) atoms. The van der Waals surface area contributed by atoms with Gasteiger partial charge in [0, 0.05) is 70.5 Å². The summed E-state index contributed by atoms with van der Waals surface area (Å²) < 4.78 is 5.29. The quantitative estimate of drug-likeness (QED) is 0.163. The zero-order valence-corrected chi connectivity index (χ0v) is 46.6. The molecule has 10 aromatic rings. The fourth-order valence-electron chi connectivity index (χ4n) is 14.0. The van der Waals surface area contributed by atoms with Crippen LogP contribution >= 0.6 is 22.7 Å². The highest BCUT2D eigenvalue weighted by atomic mass is 32.1. The monoisotopic (exact) mass is 999 g/mol. The van der Waals surface area contributed by atoms with Crippen LogP contribution < -0.4 is 31.1 Å². The van der Waals surface area contributed by atoms with E-state index in [1.165, 1.54) is 144 Å². The number of thiophene rings is 2. The summed E-state index contributed by atoms with van der Waals surface area (Å²) in [7, 11) is 0. The van der Waals surface area contributed by atoms with Crippen molar-refractivity contribution in [3.8, 4) is 0 Å². The molecule has 8 aromatic carbocycles. The summed E-state index contributed by atoms with van der Waals surface area (Å²) in [5.41, 5.74) is 19.6. The predicted molar refractivity (Wildman–Crippen MR) is 325 cm³/mol. The van der Waals surface area contributed by atoms with E-state index in [0.29, 0.717) is 0 Å². The van der Waals surface area contributed by atoms with Gasteiger partial charge in [-0.15, -0.1) is 22.7 Å². The highest BCUT2D eigenvalue weighted by molar-refractivity contribution is 7.27. The standard InChI is InChI=1S/C68H66BN3S2/c1-64(2,3)41-30-33-52-49(36-41)67(10)34-16-17-35-68(67,11)72(52)44-39-57-61-58(40-44)71(54-25-19-23-48-46-21-13-15-27-60(46)74-63(48)54)56-38-43(66(7,8)9)29-32-51(56)69(61)50-31-28-42(65(4,5)6)37-55(50)70(57)53-24-18-22-47-45-20-12-14-26-59(45)73-62(47)53/h12-15,18-33,36-40H,16-17,34-35H2,1-11H3. The van der Waals surface area contributed by atoms with Crippen LogP contribution in [0.1, 0.15) is 124 Å². The van der Waals surface area contributed by atoms with Crippen molar-refractivity contribution >= 4 is 132 Å². The molecule has 5 heterocycles. The summed E-state index contributed by atoms with van der Waals surface area (Å²) in [5.74, 6) is 0. The molecule has 2 aromatic heterocycles. The van der Waals surface area contributed by atoms with Gasteiger partial charge >= 0.3 is 0 Å². The van der Waals surface area contributed by atoms with Crippen LogP contribution in [0.15, 0.2) is 152 Å². The smallest absolute Gasteiger partial charge is 0.252 e. The van der Waals surface area contributed by atoms with Gasteiger partial charge in [0.15, 0.2) is 0 Å². The van der Waals surface area contributed by atoms with Crippen molar-refractivity contribution in [3.05, 3.63) is 174 Å². The van der Waals surface area contributed by atoms with Crippen molar-refractivity contribution in [1.82, 2.24) is 0 Å². The Kier molecular flexibility index (Phi) is 9.75. The zero-order valence-electron chi connectivity index (χ0n) is 45.0. The molecule has 4 aliphatic rings. The average molecular weight is 1000 g/mol. The van der Waals surface area contributed by atoms with Gasteiger partial charge in [-0.25, -0.2) is 0 Å². The first kappa shape index (κ1) is 46.2. The molecule has 1 aliphatic carbocycles. The number of nitrogens with zero attached hydrogens (tertiary/aromatic N) is 3. The second-order valence-corrected chi connectivity index (χ2v) is 27.8. The molecule has 1 fully saturated rings. The van der Waals surface area contributed by atoms with Gasteiger partial charge in [0.2, 0.25) is 0 Å². The molecule has 3 nitrogen and oxygen atoms in total. The first-order valence-corrected chi connectivity index (χ1v) is 28.8. The molecule has 6 heteroatoms. The largest absolute Gasteiger partial charge is 0.334 e. The van der Waals surface area contributed by atoms with E-state index < -0.39 is 0 Å². The Balaban J connectivity index is 1.15. The van der Waals surface area contributed by atoms with Gasteiger partial charge in [0.25, 0.3) is 6.71 Å². The summed E-state index contributed by atoms with van der Waals surface area (Å²) in [6.45, 7) is 26.5. The molecular formula is C68H66BN3S2. The first-order chi connectivity index (χ1) is 35.3. The third-order valence-electron chi connectivity index (χ3n) is 18.3. The minimum atomic E-state index is -0.158. The summed E-state index contributed by atoms with van der Waals surface area (Å²) in [6, 6.07) is 59.9. The fraction of sp³-hybridized carbons (Fsp3) is 0.294. The van der Waals surface area contributed by atoms with Crippen molar-refractivity contribution < 1.29 is 0 Å². The number of rotatable bonds is 3. The predicted octanol–water partition coefficient (Wildman–Crippen LogP) is 18.1. The minimum Gasteiger partial charge on any atom is -0.334 e. The van der Waals surface area contributed by atoms with E-state index in [1.807, 2.05) is 22.7 Å². The van der Waals surface area contributed by atoms with Gasteiger partial charge in [-0.2, -0.15) is 0 Å². The van der Waals surface area contributed by atoms with Crippen molar-refractivity contribution in [2.75, 3.05) is 14.7 Å². The summed E-state index contributed by atoms with van der Waals surface area (Å²) in [6.07, 6.45) is 4.76. The highest BCUT2D eigenvalue weighted by Gasteiger charge is 2.58. The Bertz CT molecular complexity index is 3800. The van der Waals surface area contributed by atoms with Gasteiger partial charge in [-0.05, 0) is 129 Å². The van der Waals surface area contributed by atoms with Crippen molar-refractivity contribution in [3.63, 3.8) is 0 Å². The molecule has 2 atom stereocenters. The van der Waals surface area contributed by atoms with Crippen molar-refractivity contribution in [2.45, 2.75) is 129 Å².